The number of morpholine rings is 1. The van der Waals surface area contributed by atoms with Gasteiger partial charge in [0, 0.05) is 42.8 Å². The van der Waals surface area contributed by atoms with Crippen molar-refractivity contribution >= 4 is 16.6 Å². The maximum Gasteiger partial charge on any atom is 0.416 e. The molecule has 4 aromatic rings. The second-order valence-electron chi connectivity index (χ2n) is 8.30. The Bertz CT molecular complexity index is 1490. The number of benzene rings is 2. The molecule has 2 aromatic heterocycles. The van der Waals surface area contributed by atoms with E-state index in [0.29, 0.717) is 49.8 Å². The summed E-state index contributed by atoms with van der Waals surface area (Å²) in [7, 11) is 0. The number of aromatic nitrogens is 3. The summed E-state index contributed by atoms with van der Waals surface area (Å²) in [4.78, 5) is 30.3. The number of aromatic amines is 1. The number of nitrogens with zero attached hydrogens (tertiary/aromatic N) is 3. The summed E-state index contributed by atoms with van der Waals surface area (Å²) in [5.41, 5.74) is 1.64. The zero-order valence-corrected chi connectivity index (χ0v) is 18.9. The van der Waals surface area contributed by atoms with Crippen LogP contribution in [0, 0.1) is 0 Å². The number of alkyl halides is 3. The van der Waals surface area contributed by atoms with Crippen LogP contribution >= 0.6 is 0 Å². The van der Waals surface area contributed by atoms with Gasteiger partial charge < -0.3 is 19.2 Å². The van der Waals surface area contributed by atoms with Crippen LogP contribution in [0.4, 0.5) is 18.9 Å². The highest BCUT2D eigenvalue weighted by Crippen LogP contribution is 2.32. The molecule has 1 saturated heterocycles. The molecule has 0 bridgehead atoms. The summed E-state index contributed by atoms with van der Waals surface area (Å²) in [5, 5.41) is 0.803. The number of aryl methyl sites for hydroxylation is 1. The van der Waals surface area contributed by atoms with Crippen molar-refractivity contribution in [3.05, 3.63) is 81.1 Å². The third-order valence-electron chi connectivity index (χ3n) is 6.28. The van der Waals surface area contributed by atoms with Gasteiger partial charge in [-0.2, -0.15) is 13.2 Å². The lowest BCUT2D eigenvalue weighted by molar-refractivity contribution is -0.137. The Hall–Kier alpha value is -3.79. The number of hydrogen-bond donors (Lipinski definition) is 1. The lowest BCUT2D eigenvalue weighted by atomic mass is 10.1. The van der Waals surface area contributed by atoms with Crippen molar-refractivity contribution in [1.29, 1.82) is 0 Å². The van der Waals surface area contributed by atoms with Crippen LogP contribution in [0.15, 0.2) is 64.3 Å². The molecule has 1 aliphatic heterocycles. The molecule has 35 heavy (non-hydrogen) atoms. The van der Waals surface area contributed by atoms with Crippen molar-refractivity contribution in [1.82, 2.24) is 14.1 Å². The Balaban J connectivity index is 1.67. The average molecular weight is 484 g/mol. The fourth-order valence-corrected chi connectivity index (χ4v) is 4.55. The van der Waals surface area contributed by atoms with E-state index in [1.165, 1.54) is 22.9 Å². The Morgan fingerprint density at radius 3 is 2.37 bits per heavy atom. The number of fused-ring (bicyclic) bond motifs is 1. The molecule has 0 radical (unpaired) electrons. The molecular formula is C25H23F3N4O3. The smallest absolute Gasteiger partial charge is 0.378 e. The van der Waals surface area contributed by atoms with Crippen LogP contribution in [-0.2, 0) is 17.5 Å². The Morgan fingerprint density at radius 1 is 1.00 bits per heavy atom. The van der Waals surface area contributed by atoms with Gasteiger partial charge in [0.25, 0.3) is 5.56 Å². The SMILES string of the molecule is CCn1c(=O)cc(N2CCOCC2)c2cc(-n3c(-c4ccc(C(F)(F)F)cc4)c[nH]c3=O)ccc21. The van der Waals surface area contributed by atoms with Crippen molar-refractivity contribution in [3.8, 4) is 16.9 Å². The first kappa shape index (κ1) is 23.0. The second-order valence-corrected chi connectivity index (χ2v) is 8.30. The van der Waals surface area contributed by atoms with Crippen LogP contribution in [0.3, 0.4) is 0 Å². The van der Waals surface area contributed by atoms with Gasteiger partial charge in [-0.05, 0) is 37.3 Å². The van der Waals surface area contributed by atoms with Crippen LogP contribution in [0.1, 0.15) is 12.5 Å². The van der Waals surface area contributed by atoms with Gasteiger partial charge in [0.2, 0.25) is 0 Å². The number of H-pyrrole nitrogens is 1. The van der Waals surface area contributed by atoms with E-state index in [1.54, 1.807) is 22.8 Å². The zero-order chi connectivity index (χ0) is 24.7. The minimum Gasteiger partial charge on any atom is -0.378 e. The largest absolute Gasteiger partial charge is 0.416 e. The molecule has 5 rings (SSSR count). The van der Waals surface area contributed by atoms with Crippen LogP contribution in [0.2, 0.25) is 0 Å². The molecule has 0 saturated carbocycles. The molecule has 0 atom stereocenters. The van der Waals surface area contributed by atoms with Crippen LogP contribution in [-0.4, -0.2) is 40.4 Å². The maximum absolute atomic E-state index is 13.0. The van der Waals surface area contributed by atoms with E-state index in [1.807, 2.05) is 13.0 Å². The molecule has 182 valence electrons. The Morgan fingerprint density at radius 2 is 1.71 bits per heavy atom. The Labute approximate surface area is 198 Å². The van der Waals surface area contributed by atoms with Gasteiger partial charge in [0.15, 0.2) is 0 Å². The Kier molecular flexibility index (Phi) is 5.76. The predicted molar refractivity (Wildman–Crippen MR) is 127 cm³/mol. The first-order chi connectivity index (χ1) is 16.8. The van der Waals surface area contributed by atoms with Gasteiger partial charge in [0.1, 0.15) is 0 Å². The molecule has 0 spiro atoms. The molecule has 2 aromatic carbocycles. The van der Waals surface area contributed by atoms with Gasteiger partial charge in [0.05, 0.1) is 41.4 Å². The van der Waals surface area contributed by atoms with E-state index in [4.69, 9.17) is 4.74 Å². The second kappa shape index (κ2) is 8.77. The normalized spacial score (nSPS) is 14.6. The fourth-order valence-electron chi connectivity index (χ4n) is 4.55. The van der Waals surface area contributed by atoms with Crippen LogP contribution in [0.25, 0.3) is 27.8 Å². The maximum atomic E-state index is 13.0. The first-order valence-electron chi connectivity index (χ1n) is 11.3. The highest BCUT2D eigenvalue weighted by molar-refractivity contribution is 5.93. The van der Waals surface area contributed by atoms with Gasteiger partial charge in [-0.3, -0.25) is 9.36 Å². The summed E-state index contributed by atoms with van der Waals surface area (Å²) in [6.45, 7) is 4.74. The van der Waals surface area contributed by atoms with E-state index in [-0.39, 0.29) is 5.56 Å². The molecule has 1 N–H and O–H groups in total. The summed E-state index contributed by atoms with van der Waals surface area (Å²) in [6.07, 6.45) is -2.97. The molecule has 10 heteroatoms. The lowest BCUT2D eigenvalue weighted by Gasteiger charge is -2.30. The molecule has 7 nitrogen and oxygen atoms in total. The molecular weight excluding hydrogens is 461 g/mol. The number of rotatable bonds is 4. The van der Waals surface area contributed by atoms with Crippen LogP contribution in [0.5, 0.6) is 0 Å². The fraction of sp³-hybridized carbons (Fsp3) is 0.280. The predicted octanol–water partition coefficient (Wildman–Crippen LogP) is 4.02. The van der Waals surface area contributed by atoms with Crippen molar-refractivity contribution < 1.29 is 17.9 Å². The summed E-state index contributed by atoms with van der Waals surface area (Å²) in [6, 6.07) is 11.7. The number of pyridine rings is 1. The molecule has 0 amide bonds. The first-order valence-corrected chi connectivity index (χ1v) is 11.3. The standard InChI is InChI=1S/C25H23F3N4O3/c1-2-31-20-8-7-18(13-19(20)21(14-23(31)33)30-9-11-35-12-10-30)32-22(15-29-24(32)34)16-3-5-17(6-4-16)25(26,27)28/h3-8,13-15H,2,9-12H2,1H3,(H,29,34). The number of nitrogens with one attached hydrogen (secondary N) is 1. The summed E-state index contributed by atoms with van der Waals surface area (Å²) in [5.74, 6) is 0. The number of imidazole rings is 1. The summed E-state index contributed by atoms with van der Waals surface area (Å²) < 4.78 is 47.6. The number of halogens is 3. The molecule has 1 aliphatic rings. The van der Waals surface area contributed by atoms with Crippen LogP contribution < -0.4 is 16.1 Å². The lowest BCUT2D eigenvalue weighted by Crippen LogP contribution is -2.37. The van der Waals surface area contributed by atoms with Gasteiger partial charge >= 0.3 is 11.9 Å². The molecule has 1 fully saturated rings. The number of ether oxygens (including phenoxy) is 1. The van der Waals surface area contributed by atoms with Gasteiger partial charge in [-0.1, -0.05) is 12.1 Å². The van der Waals surface area contributed by atoms with E-state index in [0.717, 1.165) is 28.7 Å². The van der Waals surface area contributed by atoms with E-state index in [2.05, 4.69) is 9.88 Å². The molecule has 3 heterocycles. The summed E-state index contributed by atoms with van der Waals surface area (Å²) >= 11 is 0. The number of hydrogen-bond acceptors (Lipinski definition) is 4. The highest BCUT2D eigenvalue weighted by atomic mass is 19.4. The van der Waals surface area contributed by atoms with Crippen molar-refractivity contribution in [2.24, 2.45) is 0 Å². The van der Waals surface area contributed by atoms with Crippen molar-refractivity contribution in [3.63, 3.8) is 0 Å². The highest BCUT2D eigenvalue weighted by Gasteiger charge is 2.30. The minimum absolute atomic E-state index is 0.113. The third kappa shape index (κ3) is 4.14. The third-order valence-corrected chi connectivity index (χ3v) is 6.28. The number of anilines is 1. The van der Waals surface area contributed by atoms with Crippen molar-refractivity contribution in [2.45, 2.75) is 19.6 Å². The van der Waals surface area contributed by atoms with E-state index in [9.17, 15) is 22.8 Å². The average Bonchev–Trinajstić information content (AvgIpc) is 3.24. The van der Waals surface area contributed by atoms with Gasteiger partial charge in [-0.15, -0.1) is 0 Å². The monoisotopic (exact) mass is 484 g/mol. The van der Waals surface area contributed by atoms with E-state index >= 15 is 0 Å². The topological polar surface area (TPSA) is 72.3 Å². The van der Waals surface area contributed by atoms with Crippen molar-refractivity contribution in [2.75, 3.05) is 31.2 Å². The molecule has 0 unspecified atom stereocenters. The minimum atomic E-state index is -4.44. The van der Waals surface area contributed by atoms with E-state index < -0.39 is 17.4 Å². The zero-order valence-electron chi connectivity index (χ0n) is 18.9. The van der Waals surface area contributed by atoms with Gasteiger partial charge in [-0.25, -0.2) is 4.79 Å². The quantitative estimate of drug-likeness (QED) is 0.475. The molecule has 0 aliphatic carbocycles.